The first-order valence-electron chi connectivity index (χ1n) is 25.2. The van der Waals surface area contributed by atoms with E-state index in [1.807, 2.05) is 12.1 Å². The molecule has 334 valence electrons. The summed E-state index contributed by atoms with van der Waals surface area (Å²) in [5, 5.41) is 9.82. The summed E-state index contributed by atoms with van der Waals surface area (Å²) in [5.41, 5.74) is 21.2. The van der Waals surface area contributed by atoms with E-state index in [1.54, 1.807) is 0 Å². The fourth-order valence-corrected chi connectivity index (χ4v) is 14.1. The third-order valence-electron chi connectivity index (χ3n) is 16.8. The second kappa shape index (κ2) is 13.7. The van der Waals surface area contributed by atoms with Gasteiger partial charge in [0.25, 0.3) is 5.56 Å². The Morgan fingerprint density at radius 3 is 1.69 bits per heavy atom. The van der Waals surface area contributed by atoms with Crippen LogP contribution in [0.2, 0.25) is 0 Å². The third-order valence-corrected chi connectivity index (χ3v) is 16.8. The number of hydrogen-bond donors (Lipinski definition) is 0. The van der Waals surface area contributed by atoms with Crippen molar-refractivity contribution in [2.75, 3.05) is 0 Å². The van der Waals surface area contributed by atoms with Gasteiger partial charge in [-0.05, 0) is 129 Å². The van der Waals surface area contributed by atoms with Gasteiger partial charge in [-0.15, -0.1) is 0 Å². The standard InChI is InChI=1S/C68H41N3O/c72-67-51-25-8-7-21-44(51)54-38-41(39-55-50-34-35-59-62(64(50)71(67)63(54)55)52-26-11-15-29-58(52)68(59)56-27-13-9-22-45(56)46-23-10-14-28-57(46)68)40-31-36-61-53(37-40)49-33-32-48-47-24-12-16-30-60(47)69(42-17-3-1-4-18-42)65(48)66(49)70(61)43-19-5-2-6-20-43/h1-13,15-27,29-39H,14,28H2. The Labute approximate surface area is 413 Å². The van der Waals surface area contributed by atoms with Crippen LogP contribution < -0.4 is 5.56 Å². The lowest BCUT2D eigenvalue weighted by Crippen LogP contribution is -2.27. The summed E-state index contributed by atoms with van der Waals surface area (Å²) in [6.45, 7) is 0. The molecule has 1 atom stereocenters. The quantitative estimate of drug-likeness (QED) is 0.163. The van der Waals surface area contributed by atoms with Crippen molar-refractivity contribution < 1.29 is 0 Å². The molecule has 1 spiro atoms. The molecule has 4 heterocycles. The zero-order valence-electron chi connectivity index (χ0n) is 39.0. The summed E-state index contributed by atoms with van der Waals surface area (Å²) in [6.07, 6.45) is 6.70. The minimum absolute atomic E-state index is 0.0272. The van der Waals surface area contributed by atoms with Crippen molar-refractivity contribution in [3.05, 3.63) is 263 Å². The number of hydrogen-bond acceptors (Lipinski definition) is 1. The van der Waals surface area contributed by atoms with Crippen LogP contribution >= 0.6 is 0 Å². The Bertz CT molecular complexity index is 4870. The first-order valence-corrected chi connectivity index (χ1v) is 25.2. The molecule has 0 saturated carbocycles. The van der Waals surface area contributed by atoms with Gasteiger partial charge in [0.2, 0.25) is 0 Å². The number of pyridine rings is 1. The number of nitrogens with zero attached hydrogens (tertiary/aromatic N) is 3. The van der Waals surface area contributed by atoms with Crippen LogP contribution in [0.15, 0.2) is 235 Å². The van der Waals surface area contributed by atoms with Gasteiger partial charge < -0.3 is 9.13 Å². The van der Waals surface area contributed by atoms with E-state index in [-0.39, 0.29) is 5.56 Å². The fraction of sp³-hybridized carbons (Fsp3) is 0.0441. The molecule has 0 N–H and O–H groups in total. The van der Waals surface area contributed by atoms with E-state index in [1.165, 1.54) is 82.6 Å². The van der Waals surface area contributed by atoms with Crippen LogP contribution in [-0.2, 0) is 5.41 Å². The average Bonchev–Trinajstić information content (AvgIpc) is 4.23. The lowest BCUT2D eigenvalue weighted by Gasteiger charge is -2.33. The Kier molecular flexibility index (Phi) is 7.37. The van der Waals surface area contributed by atoms with E-state index in [0.29, 0.717) is 0 Å². The zero-order chi connectivity index (χ0) is 47.0. The maximum absolute atomic E-state index is 15.4. The van der Waals surface area contributed by atoms with Crippen LogP contribution in [0.1, 0.15) is 35.1 Å². The highest BCUT2D eigenvalue weighted by Crippen LogP contribution is 2.65. The molecule has 4 nitrogen and oxygen atoms in total. The molecule has 4 aromatic heterocycles. The lowest BCUT2D eigenvalue weighted by molar-refractivity contribution is 0.714. The van der Waals surface area contributed by atoms with Crippen LogP contribution in [0.5, 0.6) is 0 Å². The molecule has 72 heavy (non-hydrogen) atoms. The monoisotopic (exact) mass is 915 g/mol. The number of allylic oxidation sites excluding steroid dienone is 4. The highest BCUT2D eigenvalue weighted by Gasteiger charge is 2.53. The van der Waals surface area contributed by atoms with Crippen LogP contribution in [0, 0.1) is 0 Å². The molecule has 0 aliphatic heterocycles. The highest BCUT2D eigenvalue weighted by atomic mass is 16.1. The fourth-order valence-electron chi connectivity index (χ4n) is 14.1. The SMILES string of the molecule is O=c1c2ccccc2c2cc(-c3ccc4c(c3)c3ccc5c6ccccc6n(-c6ccccc6)c5c3n4-c3ccccc3)cc3c4ccc5c(c4n1c23)-c1ccccc1C51C2=C(C=CCC2)c2ccccc21. The highest BCUT2D eigenvalue weighted by molar-refractivity contribution is 6.26. The molecule has 14 aromatic rings. The summed E-state index contributed by atoms with van der Waals surface area (Å²) in [6, 6.07) is 77.8. The molecule has 0 amide bonds. The average molecular weight is 916 g/mol. The molecule has 0 radical (unpaired) electrons. The van der Waals surface area contributed by atoms with Crippen LogP contribution in [0.3, 0.4) is 0 Å². The zero-order valence-corrected chi connectivity index (χ0v) is 39.0. The number of fused-ring (bicyclic) bond motifs is 22. The second-order valence-electron chi connectivity index (χ2n) is 20.1. The molecular formula is C68H41N3O. The van der Waals surface area contributed by atoms with E-state index in [4.69, 9.17) is 0 Å². The number of rotatable bonds is 3. The number of aromatic nitrogens is 3. The van der Waals surface area contributed by atoms with Crippen LogP contribution in [-0.4, -0.2) is 13.5 Å². The van der Waals surface area contributed by atoms with Gasteiger partial charge in [0.1, 0.15) is 0 Å². The van der Waals surface area contributed by atoms with Gasteiger partial charge in [0.15, 0.2) is 0 Å². The Morgan fingerprint density at radius 2 is 0.944 bits per heavy atom. The van der Waals surface area contributed by atoms with Crippen molar-refractivity contribution in [1.82, 2.24) is 13.5 Å². The molecule has 17 rings (SSSR count). The minimum Gasteiger partial charge on any atom is -0.307 e. The van der Waals surface area contributed by atoms with Crippen molar-refractivity contribution in [1.29, 1.82) is 0 Å². The number of benzene rings is 10. The summed E-state index contributed by atoms with van der Waals surface area (Å²) < 4.78 is 7.00. The van der Waals surface area contributed by atoms with Gasteiger partial charge >= 0.3 is 0 Å². The Balaban J connectivity index is 0.976. The van der Waals surface area contributed by atoms with E-state index < -0.39 is 5.41 Å². The molecule has 4 heteroatoms. The van der Waals surface area contributed by atoms with E-state index in [0.717, 1.165) is 78.8 Å². The molecule has 0 fully saturated rings. The molecule has 0 bridgehead atoms. The molecule has 3 aliphatic rings. The smallest absolute Gasteiger partial charge is 0.263 e. The first-order chi connectivity index (χ1) is 35.7. The lowest BCUT2D eigenvalue weighted by atomic mass is 9.68. The molecule has 0 saturated heterocycles. The van der Waals surface area contributed by atoms with E-state index in [2.05, 4.69) is 226 Å². The van der Waals surface area contributed by atoms with Gasteiger partial charge in [-0.3, -0.25) is 9.20 Å². The van der Waals surface area contributed by atoms with Gasteiger partial charge in [0, 0.05) is 60.0 Å². The summed E-state index contributed by atoms with van der Waals surface area (Å²) in [7, 11) is 0. The van der Waals surface area contributed by atoms with Gasteiger partial charge in [-0.1, -0.05) is 164 Å². The molecular weight excluding hydrogens is 875 g/mol. The van der Waals surface area contributed by atoms with E-state index in [9.17, 15) is 0 Å². The largest absolute Gasteiger partial charge is 0.307 e. The minimum atomic E-state index is -0.438. The molecule has 10 aromatic carbocycles. The summed E-state index contributed by atoms with van der Waals surface area (Å²) in [4.78, 5) is 15.4. The number of para-hydroxylation sites is 3. The van der Waals surface area contributed by atoms with Crippen molar-refractivity contribution in [3.63, 3.8) is 0 Å². The molecule has 3 aliphatic carbocycles. The normalized spacial score (nSPS) is 15.9. The summed E-state index contributed by atoms with van der Waals surface area (Å²) >= 11 is 0. The van der Waals surface area contributed by atoms with Crippen LogP contribution in [0.25, 0.3) is 121 Å². The predicted octanol–water partition coefficient (Wildman–Crippen LogP) is 16.5. The van der Waals surface area contributed by atoms with Crippen molar-refractivity contribution in [2.24, 2.45) is 0 Å². The topological polar surface area (TPSA) is 31.3 Å². The second-order valence-corrected chi connectivity index (χ2v) is 20.1. The van der Waals surface area contributed by atoms with Gasteiger partial charge in [-0.2, -0.15) is 0 Å². The van der Waals surface area contributed by atoms with Crippen molar-refractivity contribution >= 4 is 87.1 Å². The molecule has 1 unspecified atom stereocenters. The van der Waals surface area contributed by atoms with Gasteiger partial charge in [0.05, 0.1) is 38.5 Å². The Hall–Kier alpha value is -9.25. The van der Waals surface area contributed by atoms with Crippen LogP contribution in [0.4, 0.5) is 0 Å². The van der Waals surface area contributed by atoms with Gasteiger partial charge in [-0.25, -0.2) is 0 Å². The predicted molar refractivity (Wildman–Crippen MR) is 299 cm³/mol. The summed E-state index contributed by atoms with van der Waals surface area (Å²) in [5.74, 6) is 0. The maximum Gasteiger partial charge on any atom is 0.263 e. The maximum atomic E-state index is 15.4. The van der Waals surface area contributed by atoms with Crippen molar-refractivity contribution in [3.8, 4) is 33.6 Å². The van der Waals surface area contributed by atoms with E-state index >= 15 is 4.79 Å². The first kappa shape index (κ1) is 38.6. The van der Waals surface area contributed by atoms with Crippen molar-refractivity contribution in [2.45, 2.75) is 18.3 Å². The third kappa shape index (κ3) is 4.62. The Morgan fingerprint density at radius 1 is 0.389 bits per heavy atom.